The predicted octanol–water partition coefficient (Wildman–Crippen LogP) is 3.78. The molecule has 5 nitrogen and oxygen atoms in total. The van der Waals surface area contributed by atoms with E-state index in [1.807, 2.05) is 31.2 Å². The number of carbonyl (C=O) groups is 1. The van der Waals surface area contributed by atoms with Crippen LogP contribution in [0.2, 0.25) is 0 Å². The number of hydrogen-bond donors (Lipinski definition) is 3. The number of anilines is 1. The lowest BCUT2D eigenvalue weighted by Crippen LogP contribution is -2.41. The van der Waals surface area contributed by atoms with Gasteiger partial charge in [-0.25, -0.2) is 4.99 Å². The summed E-state index contributed by atoms with van der Waals surface area (Å²) in [6, 6.07) is 8.23. The third-order valence-electron chi connectivity index (χ3n) is 4.10. The zero-order valence-electron chi connectivity index (χ0n) is 14.4. The molecule has 0 aliphatic heterocycles. The zero-order chi connectivity index (χ0) is 16.5. The molecule has 0 radical (unpaired) electrons. The van der Waals surface area contributed by atoms with Gasteiger partial charge in [0.2, 0.25) is 5.91 Å². The van der Waals surface area contributed by atoms with E-state index >= 15 is 0 Å². The molecule has 1 aromatic carbocycles. The molecule has 0 aromatic heterocycles. The molecule has 1 aliphatic carbocycles. The lowest BCUT2D eigenvalue weighted by atomic mass is 9.96. The fraction of sp³-hybridized carbons (Fsp3) is 0.556. The molecule has 0 bridgehead atoms. The first kappa shape index (κ1) is 20.7. The van der Waals surface area contributed by atoms with Gasteiger partial charge in [0.05, 0.1) is 6.54 Å². The second kappa shape index (κ2) is 11.3. The maximum absolute atomic E-state index is 11.5. The van der Waals surface area contributed by atoms with Crippen molar-refractivity contribution in [1.29, 1.82) is 0 Å². The van der Waals surface area contributed by atoms with Crippen LogP contribution < -0.4 is 16.4 Å². The normalized spacial score (nSPS) is 15.5. The van der Waals surface area contributed by atoms with Gasteiger partial charge < -0.3 is 16.4 Å². The van der Waals surface area contributed by atoms with Crippen molar-refractivity contribution in [2.75, 3.05) is 5.32 Å². The average Bonchev–Trinajstić information content (AvgIpc) is 2.55. The fourth-order valence-corrected chi connectivity index (χ4v) is 2.82. The molecule has 24 heavy (non-hydrogen) atoms. The highest BCUT2D eigenvalue weighted by molar-refractivity contribution is 14.0. The van der Waals surface area contributed by atoms with Gasteiger partial charge in [0.1, 0.15) is 0 Å². The van der Waals surface area contributed by atoms with Gasteiger partial charge in [0, 0.05) is 18.2 Å². The highest BCUT2D eigenvalue weighted by Gasteiger charge is 2.13. The molecule has 1 amide bonds. The van der Waals surface area contributed by atoms with Crippen molar-refractivity contribution in [3.8, 4) is 0 Å². The predicted molar refractivity (Wildman–Crippen MR) is 111 cm³/mol. The van der Waals surface area contributed by atoms with E-state index < -0.39 is 0 Å². The number of guanidine groups is 1. The maximum atomic E-state index is 11.5. The van der Waals surface area contributed by atoms with E-state index in [4.69, 9.17) is 5.73 Å². The third kappa shape index (κ3) is 7.51. The maximum Gasteiger partial charge on any atom is 0.224 e. The molecule has 1 fully saturated rings. The summed E-state index contributed by atoms with van der Waals surface area (Å²) in [4.78, 5) is 15.9. The van der Waals surface area contributed by atoms with Crippen LogP contribution in [-0.4, -0.2) is 17.9 Å². The monoisotopic (exact) mass is 444 g/mol. The molecular weight excluding hydrogens is 415 g/mol. The highest BCUT2D eigenvalue weighted by atomic mass is 127. The number of halogens is 1. The number of benzene rings is 1. The van der Waals surface area contributed by atoms with Gasteiger partial charge >= 0.3 is 0 Å². The number of carbonyl (C=O) groups excluding carboxylic acids is 1. The van der Waals surface area contributed by atoms with Crippen molar-refractivity contribution in [1.82, 2.24) is 5.32 Å². The van der Waals surface area contributed by atoms with Crippen LogP contribution in [0.5, 0.6) is 0 Å². The van der Waals surface area contributed by atoms with Crippen LogP contribution in [-0.2, 0) is 11.3 Å². The van der Waals surface area contributed by atoms with Crippen LogP contribution in [0.25, 0.3) is 0 Å². The number of amides is 1. The number of nitrogens with two attached hydrogens (primary N) is 1. The van der Waals surface area contributed by atoms with Gasteiger partial charge in [-0.05, 0) is 37.0 Å². The molecule has 0 saturated heterocycles. The molecule has 0 heterocycles. The summed E-state index contributed by atoms with van der Waals surface area (Å²) in [6.45, 7) is 2.54. The molecule has 1 saturated carbocycles. The molecule has 4 N–H and O–H groups in total. The first-order valence-electron chi connectivity index (χ1n) is 8.62. The smallest absolute Gasteiger partial charge is 0.224 e. The van der Waals surface area contributed by atoms with Crippen molar-refractivity contribution >= 4 is 41.5 Å². The van der Waals surface area contributed by atoms with E-state index in [2.05, 4.69) is 15.6 Å². The Hall–Kier alpha value is -1.31. The summed E-state index contributed by atoms with van der Waals surface area (Å²) in [6.07, 6.45) is 7.65. The first-order valence-corrected chi connectivity index (χ1v) is 8.62. The van der Waals surface area contributed by atoms with E-state index in [9.17, 15) is 4.79 Å². The Morgan fingerprint density at radius 1 is 1.21 bits per heavy atom. The number of rotatable bonds is 6. The zero-order valence-corrected chi connectivity index (χ0v) is 16.7. The van der Waals surface area contributed by atoms with Crippen LogP contribution in [0.3, 0.4) is 0 Å². The van der Waals surface area contributed by atoms with Crippen LogP contribution >= 0.6 is 24.0 Å². The SMILES string of the molecule is CCCC(=O)Nc1ccc(CN=C(N)NC2CCCCC2)cc1.I. The van der Waals surface area contributed by atoms with Crippen molar-refractivity contribution < 1.29 is 4.79 Å². The van der Waals surface area contributed by atoms with E-state index in [1.54, 1.807) is 0 Å². The third-order valence-corrected chi connectivity index (χ3v) is 4.10. The summed E-state index contributed by atoms with van der Waals surface area (Å²) in [5.74, 6) is 0.580. The van der Waals surface area contributed by atoms with Crippen LogP contribution in [0.4, 0.5) is 5.69 Å². The molecule has 0 atom stereocenters. The Kier molecular flexibility index (Phi) is 9.75. The van der Waals surface area contributed by atoms with Crippen molar-refractivity contribution in [3.63, 3.8) is 0 Å². The number of hydrogen-bond acceptors (Lipinski definition) is 2. The minimum absolute atomic E-state index is 0. The Morgan fingerprint density at radius 2 is 1.88 bits per heavy atom. The Labute approximate surface area is 161 Å². The summed E-state index contributed by atoms with van der Waals surface area (Å²) in [7, 11) is 0. The summed E-state index contributed by atoms with van der Waals surface area (Å²) >= 11 is 0. The molecule has 6 heteroatoms. The topological polar surface area (TPSA) is 79.5 Å². The van der Waals surface area contributed by atoms with E-state index in [0.29, 0.717) is 25.0 Å². The minimum Gasteiger partial charge on any atom is -0.370 e. The van der Waals surface area contributed by atoms with E-state index in [0.717, 1.165) is 17.7 Å². The lowest BCUT2D eigenvalue weighted by molar-refractivity contribution is -0.116. The van der Waals surface area contributed by atoms with Gasteiger partial charge in [0.25, 0.3) is 0 Å². The largest absolute Gasteiger partial charge is 0.370 e. The Bertz CT molecular complexity index is 524. The van der Waals surface area contributed by atoms with Gasteiger partial charge in [0.15, 0.2) is 5.96 Å². The number of nitrogens with one attached hydrogen (secondary N) is 2. The van der Waals surface area contributed by atoms with Gasteiger partial charge in [-0.2, -0.15) is 0 Å². The standard InChI is InChI=1S/C18H28N4O.HI/c1-2-6-17(23)21-16-11-9-14(10-12-16)13-20-18(19)22-15-7-4-3-5-8-15;/h9-12,15H,2-8,13H2,1H3,(H,21,23)(H3,19,20,22);1H. The van der Waals surface area contributed by atoms with Crippen LogP contribution in [0.1, 0.15) is 57.4 Å². The summed E-state index contributed by atoms with van der Waals surface area (Å²) in [5.41, 5.74) is 7.86. The Balaban J connectivity index is 0.00000288. The molecular formula is C18H29IN4O. The molecule has 0 spiro atoms. The highest BCUT2D eigenvalue weighted by Crippen LogP contribution is 2.17. The lowest BCUT2D eigenvalue weighted by Gasteiger charge is -2.23. The van der Waals surface area contributed by atoms with Crippen molar-refractivity contribution in [3.05, 3.63) is 29.8 Å². The minimum atomic E-state index is 0. The van der Waals surface area contributed by atoms with Gasteiger partial charge in [-0.15, -0.1) is 24.0 Å². The molecule has 134 valence electrons. The molecule has 0 unspecified atom stereocenters. The summed E-state index contributed by atoms with van der Waals surface area (Å²) in [5, 5.41) is 6.19. The van der Waals surface area contributed by atoms with Gasteiger partial charge in [-0.3, -0.25) is 4.79 Å². The number of nitrogens with zero attached hydrogens (tertiary/aromatic N) is 1. The van der Waals surface area contributed by atoms with E-state index in [-0.39, 0.29) is 29.9 Å². The van der Waals surface area contributed by atoms with Crippen molar-refractivity contribution in [2.45, 2.75) is 64.5 Å². The second-order valence-electron chi connectivity index (χ2n) is 6.18. The number of aliphatic imine (C=N–C) groups is 1. The molecule has 2 rings (SSSR count). The van der Waals surface area contributed by atoms with Crippen molar-refractivity contribution in [2.24, 2.45) is 10.7 Å². The average molecular weight is 444 g/mol. The first-order chi connectivity index (χ1) is 11.2. The fourth-order valence-electron chi connectivity index (χ4n) is 2.82. The Morgan fingerprint density at radius 3 is 2.50 bits per heavy atom. The summed E-state index contributed by atoms with van der Waals surface area (Å²) < 4.78 is 0. The second-order valence-corrected chi connectivity index (χ2v) is 6.18. The van der Waals surface area contributed by atoms with Gasteiger partial charge in [-0.1, -0.05) is 38.3 Å². The van der Waals surface area contributed by atoms with Crippen LogP contribution in [0.15, 0.2) is 29.3 Å². The van der Waals surface area contributed by atoms with Crippen LogP contribution in [0, 0.1) is 0 Å². The van der Waals surface area contributed by atoms with E-state index in [1.165, 1.54) is 32.1 Å². The molecule has 1 aliphatic rings. The quantitative estimate of drug-likeness (QED) is 0.355. The molecule has 1 aromatic rings.